The quantitative estimate of drug-likeness (QED) is 0.469. The molecular formula is C6H10O. The molecule has 0 heterocycles. The standard InChI is InChI=1S/C6H10O/c1-4-5-7-6(2)3/h1,6H,5H2,2-3H3. The molecule has 0 fully saturated rings. The molecule has 0 spiro atoms. The Kier molecular flexibility index (Phi) is 3.45. The van der Waals surface area contributed by atoms with Crippen molar-refractivity contribution >= 4 is 0 Å². The highest BCUT2D eigenvalue weighted by Gasteiger charge is 1.85. The van der Waals surface area contributed by atoms with Gasteiger partial charge in [-0.3, -0.25) is 0 Å². The smallest absolute Gasteiger partial charge is 0.107 e. The van der Waals surface area contributed by atoms with Gasteiger partial charge >= 0.3 is 0 Å². The van der Waals surface area contributed by atoms with Gasteiger partial charge in [0.05, 0.1) is 6.10 Å². The number of terminal acetylenes is 1. The lowest BCUT2D eigenvalue weighted by Crippen LogP contribution is -2.01. The van der Waals surface area contributed by atoms with Crippen LogP contribution < -0.4 is 0 Å². The molecular weight excluding hydrogens is 88.1 g/mol. The summed E-state index contributed by atoms with van der Waals surface area (Å²) in [6.07, 6.45) is 5.16. The van der Waals surface area contributed by atoms with Gasteiger partial charge in [0.25, 0.3) is 0 Å². The molecule has 0 unspecified atom stereocenters. The highest BCUT2D eigenvalue weighted by Crippen LogP contribution is 1.83. The van der Waals surface area contributed by atoms with Crippen LogP contribution in [0.4, 0.5) is 0 Å². The van der Waals surface area contributed by atoms with E-state index in [0.717, 1.165) is 0 Å². The average molecular weight is 98.1 g/mol. The zero-order chi connectivity index (χ0) is 5.70. The molecule has 0 saturated carbocycles. The summed E-state index contributed by atoms with van der Waals surface area (Å²) in [4.78, 5) is 0. The van der Waals surface area contributed by atoms with Gasteiger partial charge in [-0.1, -0.05) is 5.92 Å². The molecule has 0 radical (unpaired) electrons. The third-order valence-corrected chi connectivity index (χ3v) is 0.500. The fraction of sp³-hybridized carbons (Fsp3) is 0.667. The van der Waals surface area contributed by atoms with Gasteiger partial charge in [0.1, 0.15) is 6.61 Å². The summed E-state index contributed by atoms with van der Waals surface area (Å²) in [6.45, 7) is 4.34. The Morgan fingerprint density at radius 1 is 1.71 bits per heavy atom. The molecule has 7 heavy (non-hydrogen) atoms. The van der Waals surface area contributed by atoms with E-state index in [-0.39, 0.29) is 6.10 Å². The normalized spacial score (nSPS) is 8.86. The maximum atomic E-state index is 4.95. The molecule has 0 rings (SSSR count). The number of rotatable bonds is 2. The first-order valence-corrected chi connectivity index (χ1v) is 2.32. The molecule has 0 aliphatic carbocycles. The van der Waals surface area contributed by atoms with E-state index in [1.165, 1.54) is 0 Å². The zero-order valence-electron chi connectivity index (χ0n) is 4.77. The minimum absolute atomic E-state index is 0.260. The summed E-state index contributed by atoms with van der Waals surface area (Å²) in [7, 11) is 0. The largest absolute Gasteiger partial charge is 0.366 e. The van der Waals surface area contributed by atoms with Gasteiger partial charge in [-0.25, -0.2) is 0 Å². The van der Waals surface area contributed by atoms with Crippen molar-refractivity contribution in [1.82, 2.24) is 0 Å². The Bertz CT molecular complexity index is 68.7. The third-order valence-electron chi connectivity index (χ3n) is 0.500. The fourth-order valence-electron chi connectivity index (χ4n) is 0.215. The van der Waals surface area contributed by atoms with Crippen molar-refractivity contribution < 1.29 is 4.74 Å². The molecule has 0 amide bonds. The Hall–Kier alpha value is -0.480. The predicted octanol–water partition coefficient (Wildman–Crippen LogP) is 1.04. The summed E-state index contributed by atoms with van der Waals surface area (Å²) in [5, 5.41) is 0. The first kappa shape index (κ1) is 6.52. The van der Waals surface area contributed by atoms with Crippen LogP contribution >= 0.6 is 0 Å². The van der Waals surface area contributed by atoms with E-state index >= 15 is 0 Å². The number of hydrogen-bond donors (Lipinski definition) is 0. The van der Waals surface area contributed by atoms with Crippen molar-refractivity contribution in [1.29, 1.82) is 0 Å². The van der Waals surface area contributed by atoms with Crippen LogP contribution in [0.2, 0.25) is 0 Å². The lowest BCUT2D eigenvalue weighted by atomic mass is 10.5. The minimum atomic E-state index is 0.260. The molecule has 0 atom stereocenters. The second-order valence-electron chi connectivity index (χ2n) is 1.56. The van der Waals surface area contributed by atoms with Crippen LogP contribution in [0.25, 0.3) is 0 Å². The van der Waals surface area contributed by atoms with Crippen LogP contribution in [-0.4, -0.2) is 12.7 Å². The van der Waals surface area contributed by atoms with Gasteiger partial charge in [0.2, 0.25) is 0 Å². The number of ether oxygens (including phenoxy) is 1. The second kappa shape index (κ2) is 3.70. The summed E-state index contributed by atoms with van der Waals surface area (Å²) in [5.74, 6) is 2.38. The lowest BCUT2D eigenvalue weighted by Gasteiger charge is -1.99. The first-order valence-electron chi connectivity index (χ1n) is 2.32. The third kappa shape index (κ3) is 5.52. The zero-order valence-corrected chi connectivity index (χ0v) is 4.77. The van der Waals surface area contributed by atoms with Crippen LogP contribution in [0.1, 0.15) is 13.8 Å². The molecule has 1 nitrogen and oxygen atoms in total. The molecule has 0 aromatic heterocycles. The Balaban J connectivity index is 2.86. The Labute approximate surface area is 44.7 Å². The lowest BCUT2D eigenvalue weighted by molar-refractivity contribution is 0.107. The van der Waals surface area contributed by atoms with Crippen LogP contribution in [0.3, 0.4) is 0 Å². The Morgan fingerprint density at radius 3 is 2.43 bits per heavy atom. The fourth-order valence-corrected chi connectivity index (χ4v) is 0.215. The van der Waals surface area contributed by atoms with E-state index in [1.807, 2.05) is 13.8 Å². The van der Waals surface area contributed by atoms with Gasteiger partial charge in [0.15, 0.2) is 0 Å². The number of hydrogen-bond acceptors (Lipinski definition) is 1. The van der Waals surface area contributed by atoms with Crippen molar-refractivity contribution in [3.8, 4) is 12.3 Å². The van der Waals surface area contributed by atoms with Gasteiger partial charge in [-0.05, 0) is 13.8 Å². The summed E-state index contributed by atoms with van der Waals surface area (Å²) in [6, 6.07) is 0. The van der Waals surface area contributed by atoms with E-state index in [9.17, 15) is 0 Å². The highest BCUT2D eigenvalue weighted by atomic mass is 16.5. The van der Waals surface area contributed by atoms with E-state index in [2.05, 4.69) is 5.92 Å². The van der Waals surface area contributed by atoms with Crippen LogP contribution in [0, 0.1) is 12.3 Å². The van der Waals surface area contributed by atoms with E-state index in [0.29, 0.717) is 6.61 Å². The maximum absolute atomic E-state index is 4.95. The Morgan fingerprint density at radius 2 is 2.29 bits per heavy atom. The second-order valence-corrected chi connectivity index (χ2v) is 1.56. The van der Waals surface area contributed by atoms with E-state index in [1.54, 1.807) is 0 Å². The minimum Gasteiger partial charge on any atom is -0.366 e. The summed E-state index contributed by atoms with van der Waals surface area (Å²) in [5.41, 5.74) is 0. The van der Waals surface area contributed by atoms with Crippen molar-refractivity contribution in [3.63, 3.8) is 0 Å². The molecule has 0 aliphatic heterocycles. The van der Waals surface area contributed by atoms with E-state index in [4.69, 9.17) is 11.2 Å². The highest BCUT2D eigenvalue weighted by molar-refractivity contribution is 4.82. The van der Waals surface area contributed by atoms with Crippen molar-refractivity contribution in [2.45, 2.75) is 20.0 Å². The van der Waals surface area contributed by atoms with Gasteiger partial charge in [-0.15, -0.1) is 6.42 Å². The van der Waals surface area contributed by atoms with Crippen LogP contribution in [0.5, 0.6) is 0 Å². The van der Waals surface area contributed by atoms with Crippen molar-refractivity contribution in [2.75, 3.05) is 6.61 Å². The molecule has 0 aromatic carbocycles. The SMILES string of the molecule is C#CCOC(C)C. The molecule has 40 valence electrons. The van der Waals surface area contributed by atoms with Crippen molar-refractivity contribution in [2.24, 2.45) is 0 Å². The van der Waals surface area contributed by atoms with Gasteiger partial charge in [0, 0.05) is 0 Å². The molecule has 0 aromatic rings. The molecule has 0 saturated heterocycles. The molecule has 0 aliphatic rings. The van der Waals surface area contributed by atoms with Crippen LogP contribution in [0.15, 0.2) is 0 Å². The molecule has 0 bridgehead atoms. The average Bonchev–Trinajstić information content (AvgIpc) is 1.61. The van der Waals surface area contributed by atoms with Gasteiger partial charge in [-0.2, -0.15) is 0 Å². The maximum Gasteiger partial charge on any atom is 0.107 e. The van der Waals surface area contributed by atoms with E-state index < -0.39 is 0 Å². The molecule has 0 N–H and O–H groups in total. The van der Waals surface area contributed by atoms with Gasteiger partial charge < -0.3 is 4.74 Å². The first-order chi connectivity index (χ1) is 3.27. The predicted molar refractivity (Wildman–Crippen MR) is 29.9 cm³/mol. The van der Waals surface area contributed by atoms with Crippen LogP contribution in [-0.2, 0) is 4.74 Å². The summed E-state index contributed by atoms with van der Waals surface area (Å²) < 4.78 is 4.95. The van der Waals surface area contributed by atoms with Crippen molar-refractivity contribution in [3.05, 3.63) is 0 Å². The topological polar surface area (TPSA) is 9.23 Å². The summed E-state index contributed by atoms with van der Waals surface area (Å²) >= 11 is 0. The molecule has 1 heteroatoms. The monoisotopic (exact) mass is 98.1 g/mol.